The molecule has 0 radical (unpaired) electrons. The van der Waals surface area contributed by atoms with Crippen LogP contribution in [0.2, 0.25) is 0 Å². The van der Waals surface area contributed by atoms with E-state index in [1.807, 2.05) is 6.92 Å². The van der Waals surface area contributed by atoms with Crippen LogP contribution in [0, 0.1) is 17.0 Å². The van der Waals surface area contributed by atoms with Gasteiger partial charge in [-0.05, 0) is 19.1 Å². The lowest BCUT2D eigenvalue weighted by Gasteiger charge is -2.04. The van der Waals surface area contributed by atoms with Gasteiger partial charge in [-0.3, -0.25) is 15.1 Å². The zero-order valence-electron chi connectivity index (χ0n) is 9.12. The van der Waals surface area contributed by atoms with Crippen LogP contribution < -0.4 is 5.32 Å². The minimum absolute atomic E-state index is 0.0610. The molecule has 0 saturated heterocycles. The predicted octanol–water partition coefficient (Wildman–Crippen LogP) is 2.44. The Kier molecular flexibility index (Phi) is 2.95. The first-order valence-electron chi connectivity index (χ1n) is 4.95. The summed E-state index contributed by atoms with van der Waals surface area (Å²) in [6.45, 7) is 1.84. The van der Waals surface area contributed by atoms with Crippen molar-refractivity contribution in [2.75, 3.05) is 5.32 Å². The highest BCUT2D eigenvalue weighted by atomic mass is 16.6. The first-order valence-corrected chi connectivity index (χ1v) is 4.95. The van der Waals surface area contributed by atoms with Crippen LogP contribution in [-0.4, -0.2) is 14.9 Å². The summed E-state index contributed by atoms with van der Waals surface area (Å²) < 4.78 is 0. The third kappa shape index (κ3) is 2.75. The van der Waals surface area contributed by atoms with E-state index >= 15 is 0 Å². The van der Waals surface area contributed by atoms with Gasteiger partial charge in [-0.2, -0.15) is 0 Å². The second-order valence-corrected chi connectivity index (χ2v) is 3.47. The van der Waals surface area contributed by atoms with Crippen molar-refractivity contribution in [3.05, 3.63) is 52.5 Å². The quantitative estimate of drug-likeness (QED) is 0.646. The van der Waals surface area contributed by atoms with Gasteiger partial charge in [0.05, 0.1) is 16.8 Å². The van der Waals surface area contributed by atoms with Crippen molar-refractivity contribution < 1.29 is 4.92 Å². The van der Waals surface area contributed by atoms with Crippen LogP contribution in [0.3, 0.4) is 0 Å². The molecule has 2 aromatic rings. The molecule has 1 N–H and O–H groups in total. The average Bonchev–Trinajstić information content (AvgIpc) is 2.29. The smallest absolute Gasteiger partial charge is 0.269 e. The number of aromatic nitrogens is 2. The number of aryl methyl sites for hydroxylation is 1. The van der Waals surface area contributed by atoms with Gasteiger partial charge < -0.3 is 5.32 Å². The minimum atomic E-state index is -0.434. The predicted molar refractivity (Wildman–Crippen MR) is 63.1 cm³/mol. The second-order valence-electron chi connectivity index (χ2n) is 3.47. The Balaban J connectivity index is 2.16. The molecule has 0 aliphatic carbocycles. The Labute approximate surface area is 97.5 Å². The van der Waals surface area contributed by atoms with Crippen LogP contribution in [0.15, 0.2) is 36.7 Å². The zero-order chi connectivity index (χ0) is 12.3. The molecule has 2 rings (SSSR count). The zero-order valence-corrected chi connectivity index (χ0v) is 9.12. The van der Waals surface area contributed by atoms with Crippen LogP contribution in [0.1, 0.15) is 5.69 Å². The molecule has 6 nitrogen and oxygen atoms in total. The van der Waals surface area contributed by atoms with Gasteiger partial charge in [0.1, 0.15) is 5.82 Å². The van der Waals surface area contributed by atoms with Gasteiger partial charge in [-0.15, -0.1) is 0 Å². The Hall–Kier alpha value is -2.50. The van der Waals surface area contributed by atoms with Crippen LogP contribution in [0.4, 0.5) is 17.2 Å². The molecular formula is C11H10N4O2. The van der Waals surface area contributed by atoms with Crippen molar-refractivity contribution >= 4 is 17.2 Å². The third-order valence-electron chi connectivity index (χ3n) is 2.11. The molecule has 86 valence electrons. The first-order chi connectivity index (χ1) is 8.15. The van der Waals surface area contributed by atoms with Gasteiger partial charge in [-0.25, -0.2) is 4.98 Å². The van der Waals surface area contributed by atoms with Gasteiger partial charge in [0.2, 0.25) is 0 Å². The number of nitrogens with zero attached hydrogens (tertiary/aromatic N) is 3. The summed E-state index contributed by atoms with van der Waals surface area (Å²) in [6.07, 6.45) is 3.25. The monoisotopic (exact) mass is 230 g/mol. The van der Waals surface area contributed by atoms with E-state index in [2.05, 4.69) is 15.3 Å². The molecule has 0 spiro atoms. The van der Waals surface area contributed by atoms with Crippen LogP contribution in [0.25, 0.3) is 0 Å². The molecule has 1 aromatic carbocycles. The largest absolute Gasteiger partial charge is 0.339 e. The highest BCUT2D eigenvalue weighted by Crippen LogP contribution is 2.18. The summed E-state index contributed by atoms with van der Waals surface area (Å²) in [6, 6.07) is 6.13. The second kappa shape index (κ2) is 4.56. The van der Waals surface area contributed by atoms with Gasteiger partial charge in [0.15, 0.2) is 0 Å². The normalized spacial score (nSPS) is 9.94. The number of non-ortho nitro benzene ring substituents is 1. The first kappa shape index (κ1) is 11.0. The Morgan fingerprint density at radius 1 is 1.24 bits per heavy atom. The summed E-state index contributed by atoms with van der Waals surface area (Å²) >= 11 is 0. The lowest BCUT2D eigenvalue weighted by atomic mass is 10.3. The van der Waals surface area contributed by atoms with E-state index in [0.29, 0.717) is 5.82 Å². The maximum Gasteiger partial charge on any atom is 0.269 e. The van der Waals surface area contributed by atoms with E-state index in [4.69, 9.17) is 0 Å². The topological polar surface area (TPSA) is 81.0 Å². The van der Waals surface area contributed by atoms with Gasteiger partial charge in [0, 0.05) is 24.0 Å². The molecule has 0 atom stereocenters. The number of rotatable bonds is 3. The van der Waals surface area contributed by atoms with E-state index in [-0.39, 0.29) is 5.69 Å². The molecule has 0 fully saturated rings. The fourth-order valence-electron chi connectivity index (χ4n) is 1.34. The number of hydrogen-bond acceptors (Lipinski definition) is 5. The molecule has 1 heterocycles. The number of anilines is 2. The van der Waals surface area contributed by atoms with Crippen LogP contribution in [0.5, 0.6) is 0 Å². The van der Waals surface area contributed by atoms with Crippen LogP contribution >= 0.6 is 0 Å². The van der Waals surface area contributed by atoms with Gasteiger partial charge in [-0.1, -0.05) is 0 Å². The molecule has 0 aliphatic heterocycles. The van der Waals surface area contributed by atoms with Crippen molar-refractivity contribution in [3.63, 3.8) is 0 Å². The van der Waals surface area contributed by atoms with E-state index in [1.54, 1.807) is 24.5 Å². The van der Waals surface area contributed by atoms with Crippen molar-refractivity contribution in [2.24, 2.45) is 0 Å². The lowest BCUT2D eigenvalue weighted by Crippen LogP contribution is -1.96. The SMILES string of the molecule is Cc1cncc(Nc2ccc([N+](=O)[O-])cc2)n1. The maximum absolute atomic E-state index is 10.5. The molecule has 1 aromatic heterocycles. The Morgan fingerprint density at radius 2 is 1.94 bits per heavy atom. The van der Waals surface area contributed by atoms with Gasteiger partial charge >= 0.3 is 0 Å². The minimum Gasteiger partial charge on any atom is -0.339 e. The van der Waals surface area contributed by atoms with Crippen LogP contribution in [-0.2, 0) is 0 Å². The van der Waals surface area contributed by atoms with Crippen molar-refractivity contribution in [1.82, 2.24) is 9.97 Å². The fourth-order valence-corrected chi connectivity index (χ4v) is 1.34. The number of benzene rings is 1. The van der Waals surface area contributed by atoms with Crippen molar-refractivity contribution in [2.45, 2.75) is 6.92 Å². The summed E-state index contributed by atoms with van der Waals surface area (Å²) in [5.41, 5.74) is 1.60. The number of nitro benzene ring substituents is 1. The molecule has 0 saturated carbocycles. The highest BCUT2D eigenvalue weighted by molar-refractivity contribution is 5.57. The number of nitrogens with one attached hydrogen (secondary N) is 1. The number of nitro groups is 1. The third-order valence-corrected chi connectivity index (χ3v) is 2.11. The summed E-state index contributed by atoms with van der Waals surface area (Å²) in [7, 11) is 0. The van der Waals surface area contributed by atoms with Crippen molar-refractivity contribution in [3.8, 4) is 0 Å². The molecule has 0 bridgehead atoms. The van der Waals surface area contributed by atoms with E-state index < -0.39 is 4.92 Å². The Morgan fingerprint density at radius 3 is 2.53 bits per heavy atom. The summed E-state index contributed by atoms with van der Waals surface area (Å²) in [5, 5.41) is 13.5. The lowest BCUT2D eigenvalue weighted by molar-refractivity contribution is -0.384. The van der Waals surface area contributed by atoms with E-state index in [9.17, 15) is 10.1 Å². The molecule has 0 aliphatic rings. The molecule has 0 amide bonds. The molecular weight excluding hydrogens is 220 g/mol. The summed E-state index contributed by atoms with van der Waals surface area (Å²) in [5.74, 6) is 0.610. The maximum atomic E-state index is 10.5. The Bertz CT molecular complexity index is 539. The standard InChI is InChI=1S/C11H10N4O2/c1-8-6-12-7-11(13-8)14-9-2-4-10(5-3-9)15(16)17/h2-7H,1H3,(H,13,14). The highest BCUT2D eigenvalue weighted by Gasteiger charge is 2.04. The fraction of sp³-hybridized carbons (Fsp3) is 0.0909. The molecule has 0 unspecified atom stereocenters. The van der Waals surface area contributed by atoms with Crippen molar-refractivity contribution in [1.29, 1.82) is 0 Å². The molecule has 17 heavy (non-hydrogen) atoms. The summed E-state index contributed by atoms with van der Waals surface area (Å²) in [4.78, 5) is 18.3. The number of hydrogen-bond donors (Lipinski definition) is 1. The van der Waals surface area contributed by atoms with Gasteiger partial charge in [0.25, 0.3) is 5.69 Å². The van der Waals surface area contributed by atoms with E-state index in [0.717, 1.165) is 11.4 Å². The average molecular weight is 230 g/mol. The van der Waals surface area contributed by atoms with E-state index in [1.165, 1.54) is 12.1 Å². The molecule has 6 heteroatoms.